The molecule has 74 valence electrons. The molecule has 0 N–H and O–H groups in total. The third-order valence-corrected chi connectivity index (χ3v) is 2.06. The van der Waals surface area contributed by atoms with Gasteiger partial charge in [0.1, 0.15) is 5.78 Å². The predicted octanol–water partition coefficient (Wildman–Crippen LogP) is 0.213. The van der Waals surface area contributed by atoms with Crippen molar-refractivity contribution in [2.75, 3.05) is 19.8 Å². The number of hydrogen-bond acceptors (Lipinski definition) is 3. The summed E-state index contributed by atoms with van der Waals surface area (Å²) in [5.74, 6) is 0.0299. The highest BCUT2D eigenvalue weighted by molar-refractivity contribution is 5.85. The molecule has 1 fully saturated rings. The highest BCUT2D eigenvalue weighted by Gasteiger charge is 2.23. The maximum Gasteiger partial charge on any atom is 0.225 e. The highest BCUT2D eigenvalue weighted by Crippen LogP contribution is 2.07. The van der Waals surface area contributed by atoms with E-state index in [-0.39, 0.29) is 24.3 Å². The van der Waals surface area contributed by atoms with Gasteiger partial charge in [0.2, 0.25) is 5.91 Å². The van der Waals surface area contributed by atoms with Crippen LogP contribution in [0.25, 0.3) is 0 Å². The van der Waals surface area contributed by atoms with Crippen molar-refractivity contribution in [1.82, 2.24) is 4.90 Å². The van der Waals surface area contributed by atoms with Crippen LogP contribution >= 0.6 is 0 Å². The number of ketones is 1. The first-order chi connectivity index (χ1) is 6.11. The molecule has 0 bridgehead atoms. The molecule has 1 atom stereocenters. The van der Waals surface area contributed by atoms with Crippen molar-refractivity contribution < 1.29 is 14.3 Å². The molecular formula is C9H15NO3. The first-order valence-corrected chi connectivity index (χ1v) is 4.48. The number of carbonyl (C=O) groups excluding carboxylic acids is 2. The van der Waals surface area contributed by atoms with Crippen LogP contribution in [0.5, 0.6) is 0 Å². The molecule has 4 nitrogen and oxygen atoms in total. The summed E-state index contributed by atoms with van der Waals surface area (Å²) in [6, 6.07) is 0.0129. The Morgan fingerprint density at radius 2 is 2.38 bits per heavy atom. The van der Waals surface area contributed by atoms with E-state index in [4.69, 9.17) is 4.74 Å². The standard InChI is InChI=1S/C9H15NO3/c1-7-6-13-4-3-9(12)10(7)5-8(2)11/h7H,3-6H2,1-2H3. The summed E-state index contributed by atoms with van der Waals surface area (Å²) in [7, 11) is 0. The Morgan fingerprint density at radius 1 is 1.69 bits per heavy atom. The molecule has 1 saturated heterocycles. The minimum absolute atomic E-state index is 0.0129. The number of ether oxygens (including phenoxy) is 1. The average molecular weight is 185 g/mol. The van der Waals surface area contributed by atoms with Crippen LogP contribution in [0.4, 0.5) is 0 Å². The lowest BCUT2D eigenvalue weighted by molar-refractivity contribution is -0.135. The molecule has 1 aliphatic heterocycles. The fourth-order valence-electron chi connectivity index (χ4n) is 1.38. The van der Waals surface area contributed by atoms with Crippen LogP contribution in [0.15, 0.2) is 0 Å². The van der Waals surface area contributed by atoms with Gasteiger partial charge < -0.3 is 9.64 Å². The maximum absolute atomic E-state index is 11.5. The normalized spacial score (nSPS) is 24.3. The zero-order valence-corrected chi connectivity index (χ0v) is 8.08. The Bertz CT molecular complexity index is 215. The van der Waals surface area contributed by atoms with Crippen molar-refractivity contribution in [1.29, 1.82) is 0 Å². The van der Waals surface area contributed by atoms with E-state index in [0.29, 0.717) is 19.6 Å². The molecule has 13 heavy (non-hydrogen) atoms. The number of nitrogens with zero attached hydrogens (tertiary/aromatic N) is 1. The van der Waals surface area contributed by atoms with Crippen molar-refractivity contribution in [2.24, 2.45) is 0 Å². The van der Waals surface area contributed by atoms with E-state index in [9.17, 15) is 9.59 Å². The molecule has 0 spiro atoms. The maximum atomic E-state index is 11.5. The summed E-state index contributed by atoms with van der Waals surface area (Å²) in [6.45, 7) is 4.60. The van der Waals surface area contributed by atoms with Gasteiger partial charge in [0.15, 0.2) is 0 Å². The van der Waals surface area contributed by atoms with E-state index < -0.39 is 0 Å². The molecule has 1 amide bonds. The minimum Gasteiger partial charge on any atom is -0.379 e. The van der Waals surface area contributed by atoms with Crippen LogP contribution in [0, 0.1) is 0 Å². The number of carbonyl (C=O) groups is 2. The van der Waals surface area contributed by atoms with Crippen molar-refractivity contribution in [2.45, 2.75) is 26.3 Å². The summed E-state index contributed by atoms with van der Waals surface area (Å²) in [6.07, 6.45) is 0.387. The largest absolute Gasteiger partial charge is 0.379 e. The Morgan fingerprint density at radius 3 is 3.00 bits per heavy atom. The van der Waals surface area contributed by atoms with Gasteiger partial charge in [-0.1, -0.05) is 0 Å². The van der Waals surface area contributed by atoms with Crippen molar-refractivity contribution in [3.05, 3.63) is 0 Å². The van der Waals surface area contributed by atoms with Gasteiger partial charge in [-0.25, -0.2) is 0 Å². The van der Waals surface area contributed by atoms with Crippen LogP contribution in [-0.2, 0) is 14.3 Å². The second-order valence-corrected chi connectivity index (χ2v) is 3.40. The Balaban J connectivity index is 2.63. The SMILES string of the molecule is CC(=O)CN1C(=O)CCOCC1C. The molecule has 4 heteroatoms. The van der Waals surface area contributed by atoms with Crippen LogP contribution in [0.2, 0.25) is 0 Å². The fraction of sp³-hybridized carbons (Fsp3) is 0.778. The third-order valence-electron chi connectivity index (χ3n) is 2.06. The number of hydrogen-bond donors (Lipinski definition) is 0. The molecule has 1 aliphatic rings. The fourth-order valence-corrected chi connectivity index (χ4v) is 1.38. The van der Waals surface area contributed by atoms with Crippen LogP contribution in [0.1, 0.15) is 20.3 Å². The monoisotopic (exact) mass is 185 g/mol. The summed E-state index contributed by atoms with van der Waals surface area (Å²) >= 11 is 0. The van der Waals surface area contributed by atoms with Gasteiger partial charge >= 0.3 is 0 Å². The first kappa shape index (κ1) is 10.2. The predicted molar refractivity (Wildman–Crippen MR) is 47.3 cm³/mol. The van der Waals surface area contributed by atoms with Gasteiger partial charge in [-0.2, -0.15) is 0 Å². The van der Waals surface area contributed by atoms with Gasteiger partial charge in [-0.15, -0.1) is 0 Å². The van der Waals surface area contributed by atoms with Gasteiger partial charge in [0.25, 0.3) is 0 Å². The summed E-state index contributed by atoms with van der Waals surface area (Å²) in [4.78, 5) is 23.9. The van der Waals surface area contributed by atoms with E-state index in [1.807, 2.05) is 6.92 Å². The molecule has 1 rings (SSSR count). The van der Waals surface area contributed by atoms with E-state index in [1.54, 1.807) is 4.90 Å². The molecule has 0 aromatic rings. The average Bonchev–Trinajstić information content (AvgIpc) is 2.18. The number of Topliss-reactive ketones (excluding diaryl/α,β-unsaturated/α-hetero) is 1. The van der Waals surface area contributed by atoms with Crippen molar-refractivity contribution >= 4 is 11.7 Å². The van der Waals surface area contributed by atoms with E-state index in [1.165, 1.54) is 6.92 Å². The van der Waals surface area contributed by atoms with Gasteiger partial charge in [0, 0.05) is 0 Å². The van der Waals surface area contributed by atoms with Crippen molar-refractivity contribution in [3.63, 3.8) is 0 Å². The summed E-state index contributed by atoms with van der Waals surface area (Å²) < 4.78 is 5.22. The minimum atomic E-state index is 0.0129. The molecule has 0 aromatic heterocycles. The zero-order chi connectivity index (χ0) is 9.84. The molecule has 0 aliphatic carbocycles. The van der Waals surface area contributed by atoms with Gasteiger partial charge in [-0.05, 0) is 13.8 Å². The lowest BCUT2D eigenvalue weighted by atomic mass is 10.2. The van der Waals surface area contributed by atoms with Crippen LogP contribution in [-0.4, -0.2) is 42.4 Å². The summed E-state index contributed by atoms with van der Waals surface area (Å²) in [5.41, 5.74) is 0. The van der Waals surface area contributed by atoms with Gasteiger partial charge in [-0.3, -0.25) is 9.59 Å². The highest BCUT2D eigenvalue weighted by atomic mass is 16.5. The van der Waals surface area contributed by atoms with E-state index >= 15 is 0 Å². The quantitative estimate of drug-likeness (QED) is 0.618. The van der Waals surface area contributed by atoms with Crippen molar-refractivity contribution in [3.8, 4) is 0 Å². The van der Waals surface area contributed by atoms with E-state index in [2.05, 4.69) is 0 Å². The lowest BCUT2D eigenvalue weighted by Gasteiger charge is -2.25. The Labute approximate surface area is 77.8 Å². The topological polar surface area (TPSA) is 46.6 Å². The summed E-state index contributed by atoms with van der Waals surface area (Å²) in [5, 5.41) is 0. The molecule has 0 saturated carbocycles. The lowest BCUT2D eigenvalue weighted by Crippen LogP contribution is -2.41. The van der Waals surface area contributed by atoms with Gasteiger partial charge in [0.05, 0.1) is 32.2 Å². The second kappa shape index (κ2) is 4.37. The number of rotatable bonds is 2. The Kier molecular flexibility index (Phi) is 3.42. The van der Waals surface area contributed by atoms with Crippen LogP contribution < -0.4 is 0 Å². The van der Waals surface area contributed by atoms with E-state index in [0.717, 1.165) is 0 Å². The molecular weight excluding hydrogens is 170 g/mol. The molecule has 0 radical (unpaired) electrons. The van der Waals surface area contributed by atoms with Crippen LogP contribution in [0.3, 0.4) is 0 Å². The molecule has 1 heterocycles. The molecule has 0 aromatic carbocycles. The zero-order valence-electron chi connectivity index (χ0n) is 8.08. The Hall–Kier alpha value is -0.900. The molecule has 1 unspecified atom stereocenters. The first-order valence-electron chi connectivity index (χ1n) is 4.48. The third kappa shape index (κ3) is 2.81. The smallest absolute Gasteiger partial charge is 0.225 e. The number of amides is 1. The second-order valence-electron chi connectivity index (χ2n) is 3.40.